The molecule has 3 aromatic rings. The van der Waals surface area contributed by atoms with Crippen LogP contribution in [0.1, 0.15) is 26.6 Å². The lowest BCUT2D eigenvalue weighted by Gasteiger charge is -2.37. The molecule has 1 unspecified atom stereocenters. The van der Waals surface area contributed by atoms with Crippen molar-refractivity contribution in [1.82, 2.24) is 14.8 Å². The predicted octanol–water partition coefficient (Wildman–Crippen LogP) is 3.07. The van der Waals surface area contributed by atoms with Gasteiger partial charge in [0.2, 0.25) is 5.91 Å². The second kappa shape index (κ2) is 9.36. The molecule has 0 spiro atoms. The first-order valence-corrected chi connectivity index (χ1v) is 12.0. The molecule has 0 radical (unpaired) electrons. The molecule has 1 N–H and O–H groups in total. The van der Waals surface area contributed by atoms with Gasteiger partial charge in [-0.2, -0.15) is 0 Å². The molecule has 2 amide bonds. The molecule has 2 fully saturated rings. The van der Waals surface area contributed by atoms with Gasteiger partial charge in [0.1, 0.15) is 0 Å². The van der Waals surface area contributed by atoms with Crippen molar-refractivity contribution in [3.8, 4) is 11.1 Å². The minimum Gasteiger partial charge on any atom is -0.478 e. The molecule has 5 rings (SSSR count). The van der Waals surface area contributed by atoms with Crippen molar-refractivity contribution in [2.24, 2.45) is 0 Å². The molecular formula is C25H24N4O4S. The minimum absolute atomic E-state index is 0.0213. The third-order valence-electron chi connectivity index (χ3n) is 6.46. The fourth-order valence-electron chi connectivity index (χ4n) is 4.60. The highest BCUT2D eigenvalue weighted by Gasteiger charge is 2.36. The van der Waals surface area contributed by atoms with Crippen LogP contribution in [0.5, 0.6) is 0 Å². The number of carboxylic acids is 1. The molecule has 34 heavy (non-hydrogen) atoms. The number of thiazole rings is 1. The van der Waals surface area contributed by atoms with E-state index in [9.17, 15) is 14.4 Å². The van der Waals surface area contributed by atoms with Crippen LogP contribution in [0.2, 0.25) is 0 Å². The van der Waals surface area contributed by atoms with Gasteiger partial charge in [0.15, 0.2) is 5.01 Å². The largest absolute Gasteiger partial charge is 0.478 e. The number of hydrogen-bond donors (Lipinski definition) is 1. The number of aromatic nitrogens is 1. The number of rotatable bonds is 5. The molecule has 2 aliphatic rings. The number of benzene rings is 2. The van der Waals surface area contributed by atoms with Crippen molar-refractivity contribution in [2.75, 3.05) is 37.6 Å². The fourth-order valence-corrected chi connectivity index (χ4v) is 5.20. The Morgan fingerprint density at radius 1 is 1.00 bits per heavy atom. The van der Waals surface area contributed by atoms with Gasteiger partial charge in [0, 0.05) is 62.5 Å². The maximum absolute atomic E-state index is 12.9. The molecule has 174 valence electrons. The summed E-state index contributed by atoms with van der Waals surface area (Å²) in [6, 6.07) is 14.6. The lowest BCUT2D eigenvalue weighted by molar-refractivity contribution is -0.117. The molecule has 0 bridgehead atoms. The van der Waals surface area contributed by atoms with Crippen LogP contribution in [0.25, 0.3) is 11.1 Å². The van der Waals surface area contributed by atoms with Crippen molar-refractivity contribution in [3.63, 3.8) is 0 Å². The van der Waals surface area contributed by atoms with E-state index in [2.05, 4.69) is 9.88 Å². The summed E-state index contributed by atoms with van der Waals surface area (Å²) in [6.45, 7) is 3.34. The highest BCUT2D eigenvalue weighted by atomic mass is 32.1. The zero-order valence-electron chi connectivity index (χ0n) is 18.5. The monoisotopic (exact) mass is 476 g/mol. The Labute approximate surface area is 201 Å². The van der Waals surface area contributed by atoms with Gasteiger partial charge in [0.05, 0.1) is 5.56 Å². The third kappa shape index (κ3) is 4.44. The Morgan fingerprint density at radius 3 is 2.44 bits per heavy atom. The average molecular weight is 477 g/mol. The Kier molecular flexibility index (Phi) is 6.12. The number of hydrogen-bond acceptors (Lipinski definition) is 6. The van der Waals surface area contributed by atoms with Gasteiger partial charge < -0.3 is 14.9 Å². The molecule has 3 heterocycles. The Hall–Kier alpha value is -3.56. The summed E-state index contributed by atoms with van der Waals surface area (Å²) in [5.41, 5.74) is 2.91. The zero-order valence-corrected chi connectivity index (χ0v) is 19.3. The van der Waals surface area contributed by atoms with Gasteiger partial charge in [0.25, 0.3) is 5.91 Å². The highest BCUT2D eigenvalue weighted by Crippen LogP contribution is 2.29. The van der Waals surface area contributed by atoms with E-state index < -0.39 is 5.97 Å². The van der Waals surface area contributed by atoms with Gasteiger partial charge >= 0.3 is 5.97 Å². The summed E-state index contributed by atoms with van der Waals surface area (Å²) in [6.07, 6.45) is 2.10. The van der Waals surface area contributed by atoms with Crippen LogP contribution in [-0.2, 0) is 4.79 Å². The van der Waals surface area contributed by atoms with Crippen LogP contribution in [0.15, 0.2) is 60.1 Å². The van der Waals surface area contributed by atoms with Gasteiger partial charge in [-0.3, -0.25) is 14.5 Å². The van der Waals surface area contributed by atoms with E-state index in [-0.39, 0.29) is 23.4 Å². The van der Waals surface area contributed by atoms with Crippen LogP contribution < -0.4 is 4.90 Å². The maximum Gasteiger partial charge on any atom is 0.335 e. The Morgan fingerprint density at radius 2 is 1.76 bits per heavy atom. The molecule has 1 atom stereocenters. The smallest absolute Gasteiger partial charge is 0.335 e. The second-order valence-corrected chi connectivity index (χ2v) is 9.36. The Bertz CT molecular complexity index is 1200. The molecule has 2 aliphatic heterocycles. The van der Waals surface area contributed by atoms with E-state index in [1.54, 1.807) is 30.5 Å². The van der Waals surface area contributed by atoms with Gasteiger partial charge in [-0.15, -0.1) is 11.3 Å². The van der Waals surface area contributed by atoms with Crippen molar-refractivity contribution in [1.29, 1.82) is 0 Å². The van der Waals surface area contributed by atoms with Crippen molar-refractivity contribution in [2.45, 2.75) is 12.5 Å². The number of piperazine rings is 1. The average Bonchev–Trinajstić information content (AvgIpc) is 3.54. The summed E-state index contributed by atoms with van der Waals surface area (Å²) < 4.78 is 0. The summed E-state index contributed by atoms with van der Waals surface area (Å²) in [5.74, 6) is -0.890. The SMILES string of the molecule is O=C(O)c1ccc(-c2cccc(N3CC(N4CCN(C(=O)c5nccs5)CC4)CC3=O)c2)cc1. The molecule has 8 nitrogen and oxygen atoms in total. The topological polar surface area (TPSA) is 94.1 Å². The predicted molar refractivity (Wildman–Crippen MR) is 129 cm³/mol. The summed E-state index contributed by atoms with van der Waals surface area (Å²) in [7, 11) is 0. The summed E-state index contributed by atoms with van der Waals surface area (Å²) >= 11 is 1.36. The van der Waals surface area contributed by atoms with Gasteiger partial charge in [-0.25, -0.2) is 9.78 Å². The van der Waals surface area contributed by atoms with Crippen LogP contribution in [-0.4, -0.2) is 76.4 Å². The molecule has 0 saturated carbocycles. The first-order chi connectivity index (χ1) is 16.5. The van der Waals surface area contributed by atoms with Gasteiger partial charge in [-0.1, -0.05) is 24.3 Å². The van der Waals surface area contributed by atoms with E-state index >= 15 is 0 Å². The molecule has 9 heteroatoms. The second-order valence-electron chi connectivity index (χ2n) is 8.46. The lowest BCUT2D eigenvalue weighted by atomic mass is 10.0. The maximum atomic E-state index is 12.9. The van der Waals surface area contributed by atoms with E-state index in [1.165, 1.54) is 11.3 Å². The van der Waals surface area contributed by atoms with E-state index in [0.29, 0.717) is 31.1 Å². The van der Waals surface area contributed by atoms with Crippen LogP contribution in [0, 0.1) is 0 Å². The summed E-state index contributed by atoms with van der Waals surface area (Å²) in [5, 5.41) is 11.4. The molecule has 2 aromatic carbocycles. The third-order valence-corrected chi connectivity index (χ3v) is 7.22. The number of nitrogens with zero attached hydrogens (tertiary/aromatic N) is 4. The molecular weight excluding hydrogens is 452 g/mol. The lowest BCUT2D eigenvalue weighted by Crippen LogP contribution is -2.52. The molecule has 0 aliphatic carbocycles. The zero-order chi connectivity index (χ0) is 23.7. The summed E-state index contributed by atoms with van der Waals surface area (Å²) in [4.78, 5) is 46.6. The normalized spacial score (nSPS) is 18.9. The number of aromatic carboxylic acids is 1. The first kappa shape index (κ1) is 22.2. The number of carbonyl (C=O) groups excluding carboxylic acids is 2. The number of carboxylic acid groups (broad SMARTS) is 1. The first-order valence-electron chi connectivity index (χ1n) is 11.2. The van der Waals surface area contributed by atoms with Gasteiger partial charge in [-0.05, 0) is 35.4 Å². The van der Waals surface area contributed by atoms with E-state index in [4.69, 9.17) is 5.11 Å². The van der Waals surface area contributed by atoms with Crippen LogP contribution in [0.3, 0.4) is 0 Å². The fraction of sp³-hybridized carbons (Fsp3) is 0.280. The number of carbonyl (C=O) groups is 3. The van der Waals surface area contributed by atoms with Crippen molar-refractivity contribution in [3.05, 3.63) is 70.7 Å². The van der Waals surface area contributed by atoms with Crippen molar-refractivity contribution >= 4 is 34.8 Å². The van der Waals surface area contributed by atoms with Crippen molar-refractivity contribution < 1.29 is 19.5 Å². The standard InChI is InChI=1S/C25H24N4O4S/c30-22-15-21(27-9-11-28(12-10-27)24(31)23-26-8-13-34-23)16-29(22)20-3-1-2-19(14-20)17-4-6-18(7-5-17)25(32)33/h1-8,13-14,21H,9-12,15-16H2,(H,32,33). The minimum atomic E-state index is -0.956. The molecule has 1 aromatic heterocycles. The van der Waals surface area contributed by atoms with E-state index in [0.717, 1.165) is 29.9 Å². The quantitative estimate of drug-likeness (QED) is 0.608. The van der Waals surface area contributed by atoms with Crippen LogP contribution >= 0.6 is 11.3 Å². The highest BCUT2D eigenvalue weighted by molar-refractivity contribution is 7.11. The number of anilines is 1. The number of amides is 2. The Balaban J connectivity index is 1.24. The molecule has 2 saturated heterocycles. The van der Waals surface area contributed by atoms with Crippen LogP contribution in [0.4, 0.5) is 5.69 Å². The van der Waals surface area contributed by atoms with E-state index in [1.807, 2.05) is 39.4 Å².